The molecule has 1 atom stereocenters. The van der Waals surface area contributed by atoms with Gasteiger partial charge in [-0.15, -0.1) is 0 Å². The Morgan fingerprint density at radius 2 is 1.74 bits per heavy atom. The van der Waals surface area contributed by atoms with Gasteiger partial charge in [0.1, 0.15) is 23.9 Å². The van der Waals surface area contributed by atoms with E-state index in [9.17, 15) is 9.90 Å². The summed E-state index contributed by atoms with van der Waals surface area (Å²) in [5.74, 6) is 1.10. The largest absolute Gasteiger partial charge is 0.507 e. The maximum absolute atomic E-state index is 11.0. The van der Waals surface area contributed by atoms with E-state index in [1.807, 2.05) is 12.1 Å². The fourth-order valence-corrected chi connectivity index (χ4v) is 5.86. The van der Waals surface area contributed by atoms with Gasteiger partial charge in [-0.1, -0.05) is 41.9 Å². The highest BCUT2D eigenvalue weighted by Gasteiger charge is 2.32. The van der Waals surface area contributed by atoms with Crippen LogP contribution in [0.25, 0.3) is 11.1 Å². The van der Waals surface area contributed by atoms with Gasteiger partial charge in [-0.2, -0.15) is 0 Å². The topological polar surface area (TPSA) is 59.0 Å². The molecule has 0 spiro atoms. The van der Waals surface area contributed by atoms with E-state index >= 15 is 0 Å². The second kappa shape index (κ2) is 12.4. The maximum atomic E-state index is 11.0. The van der Waals surface area contributed by atoms with Crippen LogP contribution in [-0.2, 0) is 6.61 Å². The third kappa shape index (κ3) is 6.77. The van der Waals surface area contributed by atoms with Gasteiger partial charge in [0.15, 0.2) is 6.29 Å². The van der Waals surface area contributed by atoms with Gasteiger partial charge in [0.25, 0.3) is 0 Å². The van der Waals surface area contributed by atoms with E-state index in [1.165, 1.54) is 31.5 Å². The lowest BCUT2D eigenvalue weighted by Gasteiger charge is -2.37. The van der Waals surface area contributed by atoms with Crippen LogP contribution in [0, 0.1) is 13.8 Å². The van der Waals surface area contributed by atoms with E-state index in [1.54, 1.807) is 0 Å². The van der Waals surface area contributed by atoms with Crippen LogP contribution >= 0.6 is 11.6 Å². The molecule has 0 amide bonds. The molecule has 1 heterocycles. The van der Waals surface area contributed by atoms with Crippen molar-refractivity contribution in [2.45, 2.75) is 78.5 Å². The number of nitrogens with zero attached hydrogens (tertiary/aromatic N) is 1. The smallest absolute Gasteiger partial charge is 0.153 e. The molecule has 1 saturated heterocycles. The lowest BCUT2D eigenvalue weighted by atomic mass is 9.93. The van der Waals surface area contributed by atoms with Gasteiger partial charge in [0.2, 0.25) is 0 Å². The average molecular weight is 550 g/mol. The van der Waals surface area contributed by atoms with E-state index < -0.39 is 0 Å². The summed E-state index contributed by atoms with van der Waals surface area (Å²) >= 11 is 6.26. The number of rotatable bonds is 10. The second-order valence-electron chi connectivity index (χ2n) is 11.4. The summed E-state index contributed by atoms with van der Waals surface area (Å²) < 4.78 is 12.2. The molecule has 1 fully saturated rings. The Hall–Kier alpha value is -3.02. The number of hydrogen-bond donors (Lipinski definition) is 1. The van der Waals surface area contributed by atoms with Crippen molar-refractivity contribution < 1.29 is 19.4 Å². The number of likely N-dealkylation sites (tertiary alicyclic amines) is 1. The Bertz CT molecular complexity index is 1310. The molecule has 3 aromatic rings. The van der Waals surface area contributed by atoms with Gasteiger partial charge >= 0.3 is 0 Å². The van der Waals surface area contributed by atoms with Gasteiger partial charge in [0.05, 0.1) is 17.2 Å². The first-order chi connectivity index (χ1) is 18.6. The molecule has 0 radical (unpaired) electrons. The van der Waals surface area contributed by atoms with Crippen LogP contribution in [0.3, 0.4) is 0 Å². The van der Waals surface area contributed by atoms with Gasteiger partial charge in [0, 0.05) is 17.6 Å². The Balaban J connectivity index is 1.43. The molecule has 1 unspecified atom stereocenters. The summed E-state index contributed by atoms with van der Waals surface area (Å²) in [5, 5.41) is 10.3. The number of aromatic hydroxyl groups is 1. The van der Waals surface area contributed by atoms with Gasteiger partial charge in [-0.3, -0.25) is 9.69 Å². The molecule has 0 aromatic heterocycles. The summed E-state index contributed by atoms with van der Waals surface area (Å²) in [5.41, 5.74) is 5.84. The number of halogens is 1. The summed E-state index contributed by atoms with van der Waals surface area (Å²) in [6, 6.07) is 15.8. The first-order valence-electron chi connectivity index (χ1n) is 13.8. The summed E-state index contributed by atoms with van der Waals surface area (Å²) in [7, 11) is 0. The maximum Gasteiger partial charge on any atom is 0.153 e. The van der Waals surface area contributed by atoms with Gasteiger partial charge in [-0.25, -0.2) is 0 Å². The highest BCUT2D eigenvalue weighted by molar-refractivity contribution is 6.32. The SMILES string of the molecule is Cc1c(COc2cc(O)c(C=O)cc2Cl)cccc1-c1cccc(OCCCC2CCCN2C(C)(C)C)c1C. The van der Waals surface area contributed by atoms with Crippen molar-refractivity contribution in [2.24, 2.45) is 0 Å². The van der Waals surface area contributed by atoms with E-state index in [2.05, 4.69) is 63.8 Å². The summed E-state index contributed by atoms with van der Waals surface area (Å²) in [6.45, 7) is 13.3. The Morgan fingerprint density at radius 1 is 1.03 bits per heavy atom. The molecule has 1 aliphatic heterocycles. The number of ether oxygens (including phenoxy) is 2. The van der Waals surface area contributed by atoms with Crippen LogP contribution in [-0.4, -0.2) is 41.0 Å². The molecule has 5 nitrogen and oxygen atoms in total. The fourth-order valence-electron chi connectivity index (χ4n) is 5.63. The number of phenolic OH excluding ortho intramolecular Hbond substituents is 1. The van der Waals surface area contributed by atoms with Crippen molar-refractivity contribution in [3.8, 4) is 28.4 Å². The third-order valence-corrected chi connectivity index (χ3v) is 8.08. The molecule has 1 N–H and O–H groups in total. The minimum Gasteiger partial charge on any atom is -0.507 e. The van der Waals surface area contributed by atoms with Crippen molar-refractivity contribution in [1.29, 1.82) is 0 Å². The van der Waals surface area contributed by atoms with Crippen LogP contribution in [0.4, 0.5) is 0 Å². The number of phenols is 1. The summed E-state index contributed by atoms with van der Waals surface area (Å²) in [4.78, 5) is 13.7. The lowest BCUT2D eigenvalue weighted by molar-refractivity contribution is 0.111. The van der Waals surface area contributed by atoms with Crippen molar-refractivity contribution in [1.82, 2.24) is 4.90 Å². The number of aldehydes is 1. The predicted molar refractivity (Wildman–Crippen MR) is 158 cm³/mol. The Labute approximate surface area is 237 Å². The molecule has 6 heteroatoms. The van der Waals surface area contributed by atoms with Crippen molar-refractivity contribution in [2.75, 3.05) is 13.2 Å². The third-order valence-electron chi connectivity index (χ3n) is 7.79. The highest BCUT2D eigenvalue weighted by Crippen LogP contribution is 2.35. The first-order valence-corrected chi connectivity index (χ1v) is 14.2. The van der Waals surface area contributed by atoms with Crippen molar-refractivity contribution >= 4 is 17.9 Å². The number of benzene rings is 3. The van der Waals surface area contributed by atoms with Crippen LogP contribution in [0.5, 0.6) is 17.2 Å². The molecule has 0 saturated carbocycles. The quantitative estimate of drug-likeness (QED) is 0.204. The summed E-state index contributed by atoms with van der Waals surface area (Å²) in [6.07, 6.45) is 5.34. The fraction of sp³-hybridized carbons (Fsp3) is 0.424. The zero-order chi connectivity index (χ0) is 28.2. The Morgan fingerprint density at radius 3 is 2.46 bits per heavy atom. The molecule has 0 bridgehead atoms. The Kier molecular flexibility index (Phi) is 9.24. The van der Waals surface area contributed by atoms with E-state index in [4.69, 9.17) is 21.1 Å². The highest BCUT2D eigenvalue weighted by atomic mass is 35.5. The zero-order valence-electron chi connectivity index (χ0n) is 23.7. The van der Waals surface area contributed by atoms with Crippen molar-refractivity contribution in [3.05, 3.63) is 75.8 Å². The van der Waals surface area contributed by atoms with Gasteiger partial charge < -0.3 is 14.6 Å². The van der Waals surface area contributed by atoms with Crippen LogP contribution < -0.4 is 9.47 Å². The minimum atomic E-state index is -0.155. The minimum absolute atomic E-state index is 0.133. The number of carbonyl (C=O) groups is 1. The molecule has 1 aliphatic rings. The monoisotopic (exact) mass is 549 g/mol. The predicted octanol–water partition coefficient (Wildman–Crippen LogP) is 8.14. The molecule has 0 aliphatic carbocycles. The number of hydrogen-bond acceptors (Lipinski definition) is 5. The molecule has 4 rings (SSSR count). The lowest BCUT2D eigenvalue weighted by Crippen LogP contribution is -2.44. The van der Waals surface area contributed by atoms with Crippen molar-refractivity contribution in [3.63, 3.8) is 0 Å². The molecule has 39 heavy (non-hydrogen) atoms. The molecular formula is C33H40ClNO4. The first kappa shape index (κ1) is 29.0. The molecular weight excluding hydrogens is 510 g/mol. The van der Waals surface area contributed by atoms with Crippen LogP contribution in [0.15, 0.2) is 48.5 Å². The van der Waals surface area contributed by atoms with E-state index in [0.717, 1.165) is 46.4 Å². The van der Waals surface area contributed by atoms with E-state index in [0.29, 0.717) is 24.7 Å². The average Bonchev–Trinajstić information content (AvgIpc) is 3.38. The zero-order valence-corrected chi connectivity index (χ0v) is 24.5. The van der Waals surface area contributed by atoms with Crippen LogP contribution in [0.1, 0.15) is 73.5 Å². The molecule has 208 valence electrons. The van der Waals surface area contributed by atoms with Gasteiger partial charge in [-0.05, 0) is 107 Å². The normalized spacial score (nSPS) is 15.9. The van der Waals surface area contributed by atoms with Crippen LogP contribution in [0.2, 0.25) is 5.02 Å². The number of carbonyl (C=O) groups excluding carboxylic acids is 1. The molecule has 3 aromatic carbocycles. The van der Waals surface area contributed by atoms with E-state index in [-0.39, 0.29) is 28.5 Å². The second-order valence-corrected chi connectivity index (χ2v) is 11.8. The standard InChI is InChI=1S/C33H40ClNO4/c1-22-24(21-39-32-19-30(37)25(20-36)18-29(32)34)10-6-13-27(22)28-14-7-15-31(23(28)2)38-17-9-12-26-11-8-16-35(26)33(3,4)5/h6-7,10,13-15,18-20,26,37H,8-9,11-12,16-17,21H2,1-5H3.